The zero-order valence-electron chi connectivity index (χ0n) is 22.7. The Morgan fingerprint density at radius 3 is 2.18 bits per heavy atom. The van der Waals surface area contributed by atoms with Gasteiger partial charge in [-0.2, -0.15) is 13.2 Å². The van der Waals surface area contributed by atoms with Gasteiger partial charge in [0.1, 0.15) is 11.9 Å². The predicted octanol–water partition coefficient (Wildman–Crippen LogP) is 6.70. The van der Waals surface area contributed by atoms with Crippen LogP contribution in [0.15, 0.2) is 37.0 Å². The number of hydrogen-bond acceptors (Lipinski definition) is 4. The number of amides is 1. The Bertz CT molecular complexity index is 1150. The molecule has 0 spiro atoms. The van der Waals surface area contributed by atoms with E-state index in [9.17, 15) is 22.8 Å². The van der Waals surface area contributed by atoms with Crippen molar-refractivity contribution in [2.75, 3.05) is 6.61 Å². The van der Waals surface area contributed by atoms with Crippen molar-refractivity contribution >= 4 is 11.9 Å². The van der Waals surface area contributed by atoms with Crippen LogP contribution < -0.4 is 10.6 Å². The number of rotatable bonds is 11. The number of carbonyl (C=O) groups is 2. The average Bonchev–Trinajstić information content (AvgIpc) is 2.77. The fraction of sp³-hybridized carbons (Fsp3) is 0.448. The van der Waals surface area contributed by atoms with Crippen molar-refractivity contribution in [2.45, 2.75) is 72.6 Å². The minimum absolute atomic E-state index is 0.0194. The van der Waals surface area contributed by atoms with E-state index in [0.717, 1.165) is 11.6 Å². The lowest BCUT2D eigenvalue weighted by Gasteiger charge is -2.26. The van der Waals surface area contributed by atoms with Crippen LogP contribution in [0.5, 0.6) is 0 Å². The highest BCUT2D eigenvalue weighted by atomic mass is 19.4. The van der Waals surface area contributed by atoms with E-state index in [4.69, 9.17) is 4.74 Å². The molecule has 2 atom stereocenters. The first kappa shape index (κ1) is 30.9. The molecule has 0 fully saturated rings. The van der Waals surface area contributed by atoms with Crippen LogP contribution in [0.4, 0.5) is 17.6 Å². The zero-order chi connectivity index (χ0) is 28.8. The van der Waals surface area contributed by atoms with Crippen molar-refractivity contribution in [1.29, 1.82) is 0 Å². The Morgan fingerprint density at radius 1 is 1.08 bits per heavy atom. The van der Waals surface area contributed by atoms with Gasteiger partial charge >= 0.3 is 12.1 Å². The van der Waals surface area contributed by atoms with Crippen LogP contribution in [0.25, 0.3) is 11.1 Å². The quantitative estimate of drug-likeness (QED) is 0.248. The normalized spacial score (nSPS) is 13.1. The third-order valence-electron chi connectivity index (χ3n) is 6.08. The molecule has 0 saturated carbocycles. The maximum Gasteiger partial charge on any atom is 0.419 e. The topological polar surface area (TPSA) is 67.4 Å². The van der Waals surface area contributed by atoms with Crippen LogP contribution in [0.2, 0.25) is 0 Å². The number of carbonyl (C=O) groups excluding carboxylic acids is 2. The summed E-state index contributed by atoms with van der Waals surface area (Å²) in [6.07, 6.45) is -3.85. The van der Waals surface area contributed by atoms with Crippen molar-refractivity contribution < 1.29 is 31.9 Å². The van der Waals surface area contributed by atoms with E-state index in [1.807, 2.05) is 32.9 Å². The summed E-state index contributed by atoms with van der Waals surface area (Å²) in [4.78, 5) is 25.6. The molecule has 1 unspecified atom stereocenters. The van der Waals surface area contributed by atoms with E-state index in [1.54, 1.807) is 20.8 Å². The minimum Gasteiger partial charge on any atom is -0.466 e. The summed E-state index contributed by atoms with van der Waals surface area (Å²) in [6.45, 7) is 14.4. The molecule has 2 rings (SSSR count). The summed E-state index contributed by atoms with van der Waals surface area (Å²) in [6, 6.07) is 3.51. The first-order valence-electron chi connectivity index (χ1n) is 12.5. The molecule has 2 aromatic carbocycles. The van der Waals surface area contributed by atoms with Crippen molar-refractivity contribution in [3.05, 3.63) is 70.7 Å². The van der Waals surface area contributed by atoms with Gasteiger partial charge < -0.3 is 15.4 Å². The third kappa shape index (κ3) is 7.82. The second-order valence-electron chi connectivity index (χ2n) is 9.82. The lowest BCUT2D eigenvalue weighted by atomic mass is 9.89. The Balaban J connectivity index is 2.75. The molecule has 9 heteroatoms. The van der Waals surface area contributed by atoms with Gasteiger partial charge in [0.15, 0.2) is 0 Å². The minimum atomic E-state index is -5.01. The summed E-state index contributed by atoms with van der Waals surface area (Å²) in [7, 11) is 0. The Labute approximate surface area is 221 Å². The monoisotopic (exact) mass is 536 g/mol. The maximum absolute atomic E-state index is 15.6. The molecule has 0 heterocycles. The summed E-state index contributed by atoms with van der Waals surface area (Å²) in [5.41, 5.74) is 1.09. The van der Waals surface area contributed by atoms with Crippen molar-refractivity contribution in [3.63, 3.8) is 0 Å². The first-order valence-corrected chi connectivity index (χ1v) is 12.5. The number of halogens is 4. The van der Waals surface area contributed by atoms with Gasteiger partial charge in [-0.25, -0.2) is 4.39 Å². The molecule has 1 amide bonds. The van der Waals surface area contributed by atoms with Crippen LogP contribution in [0.1, 0.15) is 67.5 Å². The van der Waals surface area contributed by atoms with E-state index in [1.165, 1.54) is 12.3 Å². The highest BCUT2D eigenvalue weighted by Crippen LogP contribution is 2.40. The summed E-state index contributed by atoms with van der Waals surface area (Å²) < 4.78 is 62.6. The van der Waals surface area contributed by atoms with Crippen LogP contribution in [0, 0.1) is 32.5 Å². The molecular formula is C29H36F4N2O3. The van der Waals surface area contributed by atoms with Gasteiger partial charge in [-0.3, -0.25) is 9.59 Å². The average molecular weight is 537 g/mol. The highest BCUT2D eigenvalue weighted by Gasteiger charge is 2.38. The number of ether oxygens (including phenoxy) is 1. The zero-order valence-corrected chi connectivity index (χ0v) is 22.7. The van der Waals surface area contributed by atoms with Crippen LogP contribution >= 0.6 is 0 Å². The van der Waals surface area contributed by atoms with Crippen molar-refractivity contribution in [3.8, 4) is 11.1 Å². The molecule has 2 aromatic rings. The SMILES string of the molecule is C=CNC(CC(C)C)C(=O)N[C@@H](CC(=O)OCC)c1cc(-c2c(C)cc(C)cc2C)cc(C(F)(F)F)c1F. The number of esters is 1. The van der Waals surface area contributed by atoms with Crippen LogP contribution in [-0.4, -0.2) is 24.5 Å². The summed E-state index contributed by atoms with van der Waals surface area (Å²) in [5, 5.41) is 5.41. The molecule has 0 aromatic heterocycles. The van der Waals surface area contributed by atoms with Gasteiger partial charge in [0.2, 0.25) is 5.91 Å². The summed E-state index contributed by atoms with van der Waals surface area (Å²) >= 11 is 0. The van der Waals surface area contributed by atoms with Crippen molar-refractivity contribution in [1.82, 2.24) is 10.6 Å². The van der Waals surface area contributed by atoms with E-state index in [0.29, 0.717) is 23.1 Å². The Hall–Kier alpha value is -3.36. The second kappa shape index (κ2) is 12.9. The molecule has 0 aliphatic rings. The second-order valence-corrected chi connectivity index (χ2v) is 9.82. The molecule has 0 radical (unpaired) electrons. The van der Waals surface area contributed by atoms with Crippen LogP contribution in [0.3, 0.4) is 0 Å². The number of alkyl halides is 3. The molecule has 5 nitrogen and oxygen atoms in total. The molecule has 0 aliphatic heterocycles. The van der Waals surface area contributed by atoms with Crippen molar-refractivity contribution in [2.24, 2.45) is 5.92 Å². The third-order valence-corrected chi connectivity index (χ3v) is 6.08. The molecule has 38 heavy (non-hydrogen) atoms. The number of hydrogen-bond donors (Lipinski definition) is 2. The van der Waals surface area contributed by atoms with Gasteiger partial charge in [0.25, 0.3) is 0 Å². The number of benzene rings is 2. The molecule has 0 bridgehead atoms. The largest absolute Gasteiger partial charge is 0.466 e. The van der Waals surface area contributed by atoms with Gasteiger partial charge in [0.05, 0.1) is 24.6 Å². The number of aryl methyl sites for hydroxylation is 3. The Morgan fingerprint density at radius 2 is 1.68 bits per heavy atom. The lowest BCUT2D eigenvalue weighted by Crippen LogP contribution is -2.45. The molecular weight excluding hydrogens is 500 g/mol. The van der Waals surface area contributed by atoms with E-state index < -0.39 is 53.5 Å². The van der Waals surface area contributed by atoms with E-state index in [2.05, 4.69) is 17.2 Å². The highest BCUT2D eigenvalue weighted by molar-refractivity contribution is 5.83. The molecule has 208 valence electrons. The summed E-state index contributed by atoms with van der Waals surface area (Å²) in [5.74, 6) is -2.84. The standard InChI is InChI=1S/C29H36F4N2O3/c1-8-34-24(10-16(3)4)28(37)35-23(15-25(36)38-9-2)21-13-20(14-22(27(21)30)29(31,32)33)26-18(6)11-17(5)12-19(26)7/h8,11-14,16,23-24,34H,1,9-10,15H2,2-7H3,(H,35,37)/t23-,24?/m0/s1. The molecule has 2 N–H and O–H groups in total. The van der Waals surface area contributed by atoms with Gasteiger partial charge in [-0.05, 0) is 80.6 Å². The fourth-order valence-corrected chi connectivity index (χ4v) is 4.65. The molecule has 0 aliphatic carbocycles. The van der Waals surface area contributed by atoms with Gasteiger partial charge in [-0.1, -0.05) is 38.1 Å². The predicted molar refractivity (Wildman–Crippen MR) is 140 cm³/mol. The maximum atomic E-state index is 15.6. The van der Waals surface area contributed by atoms with Gasteiger partial charge in [0, 0.05) is 5.56 Å². The number of nitrogens with one attached hydrogen (secondary N) is 2. The van der Waals surface area contributed by atoms with E-state index >= 15 is 4.39 Å². The van der Waals surface area contributed by atoms with E-state index in [-0.39, 0.29) is 18.1 Å². The molecule has 0 saturated heterocycles. The fourth-order valence-electron chi connectivity index (χ4n) is 4.65. The smallest absolute Gasteiger partial charge is 0.419 e. The Kier molecular flexibility index (Phi) is 10.5. The lowest BCUT2D eigenvalue weighted by molar-refractivity contribution is -0.143. The van der Waals surface area contributed by atoms with Crippen LogP contribution in [-0.2, 0) is 20.5 Å². The van der Waals surface area contributed by atoms with Gasteiger partial charge in [-0.15, -0.1) is 0 Å². The first-order chi connectivity index (χ1) is 17.7.